The first-order chi connectivity index (χ1) is 16.3. The Bertz CT molecular complexity index is 1190. The summed E-state index contributed by atoms with van der Waals surface area (Å²) >= 11 is 6.56. The number of nitrogens with zero attached hydrogens (tertiary/aromatic N) is 1. The Labute approximate surface area is 200 Å². The molecular formula is C23H23ClN6O4. The highest BCUT2D eigenvalue weighted by atomic mass is 35.5. The summed E-state index contributed by atoms with van der Waals surface area (Å²) in [7, 11) is 2.91. The van der Waals surface area contributed by atoms with E-state index in [0.717, 1.165) is 0 Å². The van der Waals surface area contributed by atoms with Crippen LogP contribution in [0.25, 0.3) is 0 Å². The quantitative estimate of drug-likeness (QED) is 0.188. The number of halogens is 1. The van der Waals surface area contributed by atoms with E-state index in [2.05, 4.69) is 21.2 Å². The molecule has 0 aliphatic rings. The van der Waals surface area contributed by atoms with Crippen LogP contribution in [-0.4, -0.2) is 36.9 Å². The normalized spacial score (nSPS) is 11.1. The third kappa shape index (κ3) is 5.54. The first-order valence-corrected chi connectivity index (χ1v) is 10.3. The summed E-state index contributed by atoms with van der Waals surface area (Å²) in [6.45, 7) is 0. The van der Waals surface area contributed by atoms with Gasteiger partial charge in [-0.1, -0.05) is 17.7 Å². The van der Waals surface area contributed by atoms with Gasteiger partial charge in [0.2, 0.25) is 0 Å². The molecule has 3 rings (SSSR count). The molecule has 2 aromatic carbocycles. The average molecular weight is 483 g/mol. The lowest BCUT2D eigenvalue weighted by Crippen LogP contribution is -2.45. The molecule has 1 aromatic heterocycles. The molecule has 0 saturated heterocycles. The van der Waals surface area contributed by atoms with Crippen LogP contribution in [0, 0.1) is 5.41 Å². The predicted octanol–water partition coefficient (Wildman–Crippen LogP) is 2.65. The Hall–Kier alpha value is -4.31. The highest BCUT2D eigenvalue weighted by molar-refractivity contribution is 6.33. The third-order valence-corrected chi connectivity index (χ3v) is 5.23. The molecule has 0 aliphatic heterocycles. The highest BCUT2D eigenvalue weighted by Gasteiger charge is 2.27. The van der Waals surface area contributed by atoms with Crippen LogP contribution in [-0.2, 0) is 4.79 Å². The number of hydrogen-bond donors (Lipinski definition) is 5. The van der Waals surface area contributed by atoms with Crippen molar-refractivity contribution in [2.45, 2.75) is 6.04 Å². The first-order valence-electron chi connectivity index (χ1n) is 9.97. The van der Waals surface area contributed by atoms with E-state index in [4.69, 9.17) is 32.2 Å². The van der Waals surface area contributed by atoms with Crippen LogP contribution in [0.3, 0.4) is 0 Å². The van der Waals surface area contributed by atoms with E-state index >= 15 is 0 Å². The number of amides is 2. The molecule has 2 amide bonds. The van der Waals surface area contributed by atoms with Gasteiger partial charge >= 0.3 is 0 Å². The van der Waals surface area contributed by atoms with Crippen molar-refractivity contribution in [3.63, 3.8) is 0 Å². The maximum atomic E-state index is 13.2. The fraction of sp³-hybridized carbons (Fsp3) is 0.130. The monoisotopic (exact) mass is 482 g/mol. The van der Waals surface area contributed by atoms with Gasteiger partial charge in [-0.2, -0.15) is 0 Å². The lowest BCUT2D eigenvalue weighted by atomic mass is 10.0. The zero-order valence-electron chi connectivity index (χ0n) is 18.4. The van der Waals surface area contributed by atoms with E-state index in [1.54, 1.807) is 36.4 Å². The lowest BCUT2D eigenvalue weighted by Gasteiger charge is -2.23. The van der Waals surface area contributed by atoms with Crippen molar-refractivity contribution in [2.75, 3.05) is 19.5 Å². The lowest BCUT2D eigenvalue weighted by molar-refractivity contribution is -0.122. The molecule has 0 aliphatic carbocycles. The molecule has 0 spiro atoms. The maximum Gasteiger partial charge on any atom is 0.269 e. The van der Waals surface area contributed by atoms with Crippen molar-refractivity contribution >= 4 is 34.9 Å². The van der Waals surface area contributed by atoms with Crippen LogP contribution in [0.15, 0.2) is 60.9 Å². The number of rotatable bonds is 8. The van der Waals surface area contributed by atoms with Gasteiger partial charge < -0.3 is 20.5 Å². The van der Waals surface area contributed by atoms with Gasteiger partial charge in [-0.25, -0.2) is 0 Å². The summed E-state index contributed by atoms with van der Waals surface area (Å²) in [5.41, 5.74) is 12.1. The van der Waals surface area contributed by atoms with Crippen molar-refractivity contribution in [2.24, 2.45) is 5.73 Å². The van der Waals surface area contributed by atoms with Gasteiger partial charge in [0.15, 0.2) is 11.5 Å². The molecule has 1 atom stereocenters. The molecule has 1 heterocycles. The fourth-order valence-corrected chi connectivity index (χ4v) is 3.43. The van der Waals surface area contributed by atoms with Gasteiger partial charge in [-0.05, 0) is 42.5 Å². The van der Waals surface area contributed by atoms with Crippen LogP contribution in [0.2, 0.25) is 5.02 Å². The zero-order chi connectivity index (χ0) is 24.7. The van der Waals surface area contributed by atoms with E-state index in [9.17, 15) is 9.59 Å². The number of nitrogen functional groups attached to an aromatic ring is 1. The molecule has 11 heteroatoms. The van der Waals surface area contributed by atoms with E-state index in [1.807, 2.05) is 0 Å². The summed E-state index contributed by atoms with van der Waals surface area (Å²) in [4.78, 5) is 29.4. The largest absolute Gasteiger partial charge is 0.493 e. The second-order valence-corrected chi connectivity index (χ2v) is 7.33. The van der Waals surface area contributed by atoms with E-state index in [1.165, 1.54) is 38.7 Å². The standard InChI is InChI=1S/C23H23ClN6O4/c1-33-17-8-7-16(18(24)20(17)34-2)19(28-15-5-3-13(4-6-15)21(25)26)23(32)30-29-22(31)14-9-11-27-12-10-14/h3-12,19,28H,1-2H3,(H3,25,26)(H,29,31)(H,30,32). The molecule has 10 nitrogen and oxygen atoms in total. The molecule has 34 heavy (non-hydrogen) atoms. The topological polar surface area (TPSA) is 151 Å². The van der Waals surface area contributed by atoms with Gasteiger partial charge in [0.1, 0.15) is 11.9 Å². The summed E-state index contributed by atoms with van der Waals surface area (Å²) in [6.07, 6.45) is 2.93. The Morgan fingerprint density at radius 2 is 1.65 bits per heavy atom. The highest BCUT2D eigenvalue weighted by Crippen LogP contribution is 2.40. The molecule has 176 valence electrons. The second kappa shape index (κ2) is 11.0. The van der Waals surface area contributed by atoms with Crippen molar-refractivity contribution < 1.29 is 19.1 Å². The summed E-state index contributed by atoms with van der Waals surface area (Å²) in [6, 6.07) is 11.8. The van der Waals surface area contributed by atoms with Crippen molar-refractivity contribution in [3.8, 4) is 11.5 Å². The van der Waals surface area contributed by atoms with Gasteiger partial charge in [-0.3, -0.25) is 30.8 Å². The van der Waals surface area contributed by atoms with Crippen LogP contribution < -0.4 is 31.4 Å². The Morgan fingerprint density at radius 1 is 0.971 bits per heavy atom. The molecular weight excluding hydrogens is 460 g/mol. The van der Waals surface area contributed by atoms with E-state index in [-0.39, 0.29) is 16.6 Å². The minimum Gasteiger partial charge on any atom is -0.493 e. The fourth-order valence-electron chi connectivity index (χ4n) is 3.09. The van der Waals surface area contributed by atoms with Crippen molar-refractivity contribution in [1.82, 2.24) is 15.8 Å². The van der Waals surface area contributed by atoms with Crippen molar-refractivity contribution in [1.29, 1.82) is 5.41 Å². The zero-order valence-corrected chi connectivity index (χ0v) is 19.1. The van der Waals surface area contributed by atoms with Crippen LogP contribution in [0.1, 0.15) is 27.5 Å². The average Bonchev–Trinajstić information content (AvgIpc) is 2.86. The summed E-state index contributed by atoms with van der Waals surface area (Å²) < 4.78 is 10.6. The number of benzene rings is 2. The predicted molar refractivity (Wildman–Crippen MR) is 128 cm³/mol. The van der Waals surface area contributed by atoms with Crippen LogP contribution in [0.4, 0.5) is 5.69 Å². The number of anilines is 1. The minimum absolute atomic E-state index is 0.0809. The number of hydrogen-bond acceptors (Lipinski definition) is 7. The molecule has 0 bridgehead atoms. The number of carbonyl (C=O) groups excluding carboxylic acids is 2. The molecule has 6 N–H and O–H groups in total. The number of methoxy groups -OCH3 is 2. The molecule has 0 saturated carbocycles. The second-order valence-electron chi connectivity index (χ2n) is 6.95. The van der Waals surface area contributed by atoms with Gasteiger partial charge in [0.25, 0.3) is 11.8 Å². The molecule has 0 radical (unpaired) electrons. The number of hydrazine groups is 1. The Kier molecular flexibility index (Phi) is 7.88. The summed E-state index contributed by atoms with van der Waals surface area (Å²) in [5, 5.41) is 10.8. The summed E-state index contributed by atoms with van der Waals surface area (Å²) in [5.74, 6) is -0.533. The van der Waals surface area contributed by atoms with Gasteiger partial charge in [0.05, 0.1) is 19.2 Å². The molecule has 1 unspecified atom stereocenters. The van der Waals surface area contributed by atoms with Crippen LogP contribution in [0.5, 0.6) is 11.5 Å². The van der Waals surface area contributed by atoms with Crippen LogP contribution >= 0.6 is 11.6 Å². The van der Waals surface area contributed by atoms with E-state index in [0.29, 0.717) is 28.1 Å². The third-order valence-electron chi connectivity index (χ3n) is 4.84. The molecule has 0 fully saturated rings. The smallest absolute Gasteiger partial charge is 0.269 e. The van der Waals surface area contributed by atoms with E-state index < -0.39 is 17.9 Å². The number of ether oxygens (including phenoxy) is 2. The first kappa shape index (κ1) is 24.3. The van der Waals surface area contributed by atoms with Crippen molar-refractivity contribution in [3.05, 3.63) is 82.6 Å². The number of carbonyl (C=O) groups is 2. The number of nitrogens with two attached hydrogens (primary N) is 1. The van der Waals surface area contributed by atoms with Gasteiger partial charge in [0, 0.05) is 34.8 Å². The minimum atomic E-state index is -1.03. The Balaban J connectivity index is 1.90. The number of nitrogens with one attached hydrogen (secondary N) is 4. The van der Waals surface area contributed by atoms with Gasteiger partial charge in [-0.15, -0.1) is 0 Å². The SMILES string of the molecule is COc1ccc(C(Nc2ccc(C(=N)N)cc2)C(=O)NNC(=O)c2ccncc2)c(Cl)c1OC. The maximum absolute atomic E-state index is 13.2. The number of pyridine rings is 1. The number of amidine groups is 1. The Morgan fingerprint density at radius 3 is 2.24 bits per heavy atom. The molecule has 3 aromatic rings. The number of aromatic nitrogens is 1.